The molecule has 3 aromatic rings. The molecule has 6 nitrogen and oxygen atoms in total. The molecule has 2 aromatic carbocycles. The predicted octanol–water partition coefficient (Wildman–Crippen LogP) is 4.87. The van der Waals surface area contributed by atoms with Crippen LogP contribution in [0.4, 0.5) is 4.39 Å². The molecule has 0 atom stereocenters. The number of methoxy groups -OCH3 is 1. The zero-order chi connectivity index (χ0) is 24.0. The molecule has 6 rings (SSSR count). The summed E-state index contributed by atoms with van der Waals surface area (Å²) in [7, 11) is 1.59. The summed E-state index contributed by atoms with van der Waals surface area (Å²) in [6, 6.07) is 13.3. The highest BCUT2D eigenvalue weighted by atomic mass is 19.1. The summed E-state index contributed by atoms with van der Waals surface area (Å²) in [4.78, 5) is 6.94. The normalized spacial score (nSPS) is 18.5. The predicted molar refractivity (Wildman–Crippen MR) is 130 cm³/mol. The summed E-state index contributed by atoms with van der Waals surface area (Å²) >= 11 is 0. The minimum atomic E-state index is -0.345. The maximum Gasteiger partial charge on any atom is 0.218 e. The van der Waals surface area contributed by atoms with E-state index in [0.29, 0.717) is 31.3 Å². The van der Waals surface area contributed by atoms with Crippen LogP contribution in [0, 0.1) is 18.2 Å². The Morgan fingerprint density at radius 3 is 2.60 bits per heavy atom. The molecule has 0 radical (unpaired) electrons. The van der Waals surface area contributed by atoms with Crippen LogP contribution in [0.3, 0.4) is 0 Å². The molecule has 0 amide bonds. The lowest BCUT2D eigenvalue weighted by molar-refractivity contribution is -0.0128. The molecular weight excluding hydrogens is 447 g/mol. The standard InChI is InChI=1S/C28H29FN2O4/c1-18-21(19-6-7-24-25(13-19)35-11-10-34-24)4-3-5-22(18)26-23(29)12-20(27(30-26)32-2)14-31-15-28(16-31)8-9-33-17-28/h3-7,12-13H,8-11,14-17H2,1-2H3. The summed E-state index contributed by atoms with van der Waals surface area (Å²) in [6.07, 6.45) is 1.10. The second-order valence-corrected chi connectivity index (χ2v) is 9.77. The van der Waals surface area contributed by atoms with Crippen molar-refractivity contribution in [2.75, 3.05) is 46.6 Å². The lowest BCUT2D eigenvalue weighted by atomic mass is 9.79. The number of halogens is 1. The maximum atomic E-state index is 15.5. The Morgan fingerprint density at radius 2 is 1.83 bits per heavy atom. The van der Waals surface area contributed by atoms with Gasteiger partial charge in [-0.05, 0) is 48.2 Å². The molecule has 3 aliphatic rings. The Labute approximate surface area is 204 Å². The molecule has 0 aliphatic carbocycles. The molecule has 3 aliphatic heterocycles. The van der Waals surface area contributed by atoms with E-state index < -0.39 is 0 Å². The van der Waals surface area contributed by atoms with E-state index in [0.717, 1.165) is 72.0 Å². The van der Waals surface area contributed by atoms with Gasteiger partial charge in [-0.25, -0.2) is 9.37 Å². The number of fused-ring (bicyclic) bond motifs is 1. The molecule has 35 heavy (non-hydrogen) atoms. The van der Waals surface area contributed by atoms with Crippen molar-refractivity contribution in [3.8, 4) is 39.8 Å². The lowest BCUT2D eigenvalue weighted by Crippen LogP contribution is -2.56. The van der Waals surface area contributed by atoms with Gasteiger partial charge in [-0.2, -0.15) is 0 Å². The highest BCUT2D eigenvalue weighted by molar-refractivity contribution is 5.78. The first-order valence-corrected chi connectivity index (χ1v) is 12.1. The molecule has 2 fully saturated rings. The maximum absolute atomic E-state index is 15.5. The van der Waals surface area contributed by atoms with Crippen molar-refractivity contribution in [3.63, 3.8) is 0 Å². The van der Waals surface area contributed by atoms with Crippen LogP contribution in [0.2, 0.25) is 0 Å². The molecule has 2 saturated heterocycles. The number of rotatable bonds is 5. The van der Waals surface area contributed by atoms with Gasteiger partial charge in [0.2, 0.25) is 5.88 Å². The van der Waals surface area contributed by atoms with E-state index >= 15 is 4.39 Å². The number of hydrogen-bond donors (Lipinski definition) is 0. The average Bonchev–Trinajstić information content (AvgIpc) is 3.34. The van der Waals surface area contributed by atoms with Crippen molar-refractivity contribution in [1.29, 1.82) is 0 Å². The van der Waals surface area contributed by atoms with Gasteiger partial charge in [0.1, 0.15) is 24.7 Å². The number of nitrogens with zero attached hydrogens (tertiary/aromatic N) is 2. The van der Waals surface area contributed by atoms with Crippen LogP contribution in [0.5, 0.6) is 17.4 Å². The van der Waals surface area contributed by atoms with Crippen LogP contribution in [0.15, 0.2) is 42.5 Å². The Morgan fingerprint density at radius 1 is 1.03 bits per heavy atom. The highest BCUT2D eigenvalue weighted by Gasteiger charge is 2.45. The molecule has 4 heterocycles. The molecule has 0 bridgehead atoms. The van der Waals surface area contributed by atoms with E-state index in [-0.39, 0.29) is 11.2 Å². The number of pyridine rings is 1. The number of likely N-dealkylation sites (tertiary alicyclic amines) is 1. The molecule has 0 N–H and O–H groups in total. The molecular formula is C28H29FN2O4. The Hall–Kier alpha value is -3.16. The van der Waals surface area contributed by atoms with Gasteiger partial charge < -0.3 is 18.9 Å². The SMILES string of the molecule is COc1nc(-c2cccc(-c3ccc4c(c3)OCCO4)c2C)c(F)cc1CN1CC2(CCOC2)C1. The molecule has 7 heteroatoms. The van der Waals surface area contributed by atoms with Gasteiger partial charge in [-0.15, -0.1) is 0 Å². The number of benzene rings is 2. The zero-order valence-corrected chi connectivity index (χ0v) is 20.1. The lowest BCUT2D eigenvalue weighted by Gasteiger charge is -2.47. The van der Waals surface area contributed by atoms with Crippen LogP contribution in [-0.2, 0) is 11.3 Å². The monoisotopic (exact) mass is 476 g/mol. The second-order valence-electron chi connectivity index (χ2n) is 9.77. The zero-order valence-electron chi connectivity index (χ0n) is 20.1. The van der Waals surface area contributed by atoms with Crippen LogP contribution >= 0.6 is 0 Å². The van der Waals surface area contributed by atoms with E-state index in [9.17, 15) is 0 Å². The third-order valence-corrected chi connectivity index (χ3v) is 7.35. The van der Waals surface area contributed by atoms with Crippen molar-refractivity contribution in [2.45, 2.75) is 19.9 Å². The average molecular weight is 477 g/mol. The van der Waals surface area contributed by atoms with Crippen molar-refractivity contribution >= 4 is 0 Å². The van der Waals surface area contributed by atoms with Crippen molar-refractivity contribution in [2.24, 2.45) is 5.41 Å². The first kappa shape index (κ1) is 22.3. The van der Waals surface area contributed by atoms with Gasteiger partial charge in [0, 0.05) is 42.8 Å². The molecule has 0 unspecified atom stereocenters. The number of aromatic nitrogens is 1. The summed E-state index contributed by atoms with van der Waals surface area (Å²) in [5, 5.41) is 0. The van der Waals surface area contributed by atoms with Gasteiger partial charge in [-0.3, -0.25) is 4.90 Å². The minimum Gasteiger partial charge on any atom is -0.486 e. The van der Waals surface area contributed by atoms with Gasteiger partial charge in [0.05, 0.1) is 13.7 Å². The van der Waals surface area contributed by atoms with Crippen molar-refractivity contribution < 1.29 is 23.3 Å². The Bertz CT molecular complexity index is 1260. The molecule has 1 spiro atoms. The fourth-order valence-electron chi connectivity index (χ4n) is 5.56. The number of ether oxygens (including phenoxy) is 4. The van der Waals surface area contributed by atoms with E-state index in [2.05, 4.69) is 9.88 Å². The highest BCUT2D eigenvalue weighted by Crippen LogP contribution is 2.41. The second kappa shape index (κ2) is 8.81. The first-order valence-electron chi connectivity index (χ1n) is 12.1. The Balaban J connectivity index is 1.30. The fourth-order valence-corrected chi connectivity index (χ4v) is 5.56. The van der Waals surface area contributed by atoms with E-state index in [1.54, 1.807) is 13.2 Å². The molecule has 1 aromatic heterocycles. The summed E-state index contributed by atoms with van der Waals surface area (Å²) in [6.45, 7) is 7.29. The van der Waals surface area contributed by atoms with Crippen LogP contribution in [0.25, 0.3) is 22.4 Å². The van der Waals surface area contributed by atoms with Crippen LogP contribution in [0.1, 0.15) is 17.5 Å². The summed E-state index contributed by atoms with van der Waals surface area (Å²) < 4.78 is 38.0. The van der Waals surface area contributed by atoms with Gasteiger partial charge >= 0.3 is 0 Å². The van der Waals surface area contributed by atoms with Gasteiger partial charge in [0.25, 0.3) is 0 Å². The van der Waals surface area contributed by atoms with E-state index in [1.165, 1.54) is 0 Å². The largest absolute Gasteiger partial charge is 0.486 e. The van der Waals surface area contributed by atoms with Crippen molar-refractivity contribution in [3.05, 3.63) is 59.4 Å². The smallest absolute Gasteiger partial charge is 0.218 e. The quantitative estimate of drug-likeness (QED) is 0.524. The van der Waals surface area contributed by atoms with Crippen molar-refractivity contribution in [1.82, 2.24) is 9.88 Å². The Kier molecular flexibility index (Phi) is 5.61. The minimum absolute atomic E-state index is 0.282. The topological polar surface area (TPSA) is 53.0 Å². The molecule has 0 saturated carbocycles. The van der Waals surface area contributed by atoms with Crippen LogP contribution < -0.4 is 14.2 Å². The fraction of sp³-hybridized carbons (Fsp3) is 0.393. The van der Waals surface area contributed by atoms with Gasteiger partial charge in [-0.1, -0.05) is 24.3 Å². The van der Waals surface area contributed by atoms with Crippen LogP contribution in [-0.4, -0.2) is 56.5 Å². The third-order valence-electron chi connectivity index (χ3n) is 7.35. The third kappa shape index (κ3) is 4.02. The number of hydrogen-bond acceptors (Lipinski definition) is 6. The van der Waals surface area contributed by atoms with E-state index in [4.69, 9.17) is 18.9 Å². The van der Waals surface area contributed by atoms with E-state index in [1.807, 2.05) is 43.3 Å². The van der Waals surface area contributed by atoms with Gasteiger partial charge in [0.15, 0.2) is 11.5 Å². The molecule has 182 valence electrons. The summed E-state index contributed by atoms with van der Waals surface area (Å²) in [5.74, 6) is 1.60. The first-order chi connectivity index (χ1) is 17.0. The summed E-state index contributed by atoms with van der Waals surface area (Å²) in [5.41, 5.74) is 5.01.